The number of hydrazone groups is 1. The molecule has 1 aromatic heterocycles. The van der Waals surface area contributed by atoms with E-state index in [1.54, 1.807) is 43.3 Å². The molecule has 1 amide bonds. The number of esters is 1. The molecule has 0 atom stereocenters. The van der Waals surface area contributed by atoms with E-state index >= 15 is 0 Å². The largest absolute Gasteiger partial charge is 0.462 e. The second-order valence-electron chi connectivity index (χ2n) is 6.42. The summed E-state index contributed by atoms with van der Waals surface area (Å²) < 4.78 is 11.7. The molecule has 0 saturated heterocycles. The zero-order valence-electron chi connectivity index (χ0n) is 16.8. The lowest BCUT2D eigenvalue weighted by atomic mass is 10.1. The summed E-state index contributed by atoms with van der Waals surface area (Å²) in [5.74, 6) is 1.65. The summed E-state index contributed by atoms with van der Waals surface area (Å²) >= 11 is 4.95. The zero-order valence-corrected chi connectivity index (χ0v) is 19.2. The highest BCUT2D eigenvalue weighted by Gasteiger charge is 2.08. The quantitative estimate of drug-likeness (QED) is 0.246. The summed E-state index contributed by atoms with van der Waals surface area (Å²) in [6, 6.07) is 18.5. The van der Waals surface area contributed by atoms with Gasteiger partial charge in [0.15, 0.2) is 0 Å². The molecule has 6 nitrogen and oxygen atoms in total. The van der Waals surface area contributed by atoms with E-state index in [0.29, 0.717) is 29.4 Å². The monoisotopic (exact) mass is 500 g/mol. The fourth-order valence-corrected chi connectivity index (χ4v) is 3.86. The van der Waals surface area contributed by atoms with Gasteiger partial charge in [0.2, 0.25) is 5.91 Å². The first-order valence-corrected chi connectivity index (χ1v) is 11.5. The van der Waals surface area contributed by atoms with Gasteiger partial charge in [-0.25, -0.2) is 10.2 Å². The van der Waals surface area contributed by atoms with Crippen molar-refractivity contribution in [2.24, 2.45) is 5.10 Å². The number of thioether (sulfide) groups is 1. The second kappa shape index (κ2) is 11.5. The van der Waals surface area contributed by atoms with Gasteiger partial charge in [0.1, 0.15) is 11.5 Å². The number of hydrogen-bond acceptors (Lipinski definition) is 6. The minimum absolute atomic E-state index is 0.183. The first-order chi connectivity index (χ1) is 15.0. The highest BCUT2D eigenvalue weighted by molar-refractivity contribution is 9.10. The number of benzene rings is 2. The third kappa shape index (κ3) is 7.11. The first-order valence-electron chi connectivity index (χ1n) is 9.56. The highest BCUT2D eigenvalue weighted by atomic mass is 79.9. The summed E-state index contributed by atoms with van der Waals surface area (Å²) in [6.07, 6.45) is 1.45. The molecule has 1 N–H and O–H groups in total. The number of amides is 1. The molecule has 0 fully saturated rings. The van der Waals surface area contributed by atoms with Gasteiger partial charge in [-0.2, -0.15) is 5.10 Å². The lowest BCUT2D eigenvalue weighted by molar-refractivity contribution is -0.118. The number of rotatable bonds is 9. The van der Waals surface area contributed by atoms with Crippen LogP contribution in [0, 0.1) is 0 Å². The standard InChI is InChI=1S/C23H21BrN2O4S/c1-2-29-23(28)18-8-6-17(7-9-18)21-11-10-20(30-21)13-25-26-22(27)15-31-14-16-4-3-5-19(24)12-16/h3-13H,2,14-15H2,1H3,(H,26,27)/b25-13-. The van der Waals surface area contributed by atoms with Crippen LogP contribution in [0.2, 0.25) is 0 Å². The number of carbonyl (C=O) groups excluding carboxylic acids is 2. The molecular formula is C23H21BrN2O4S. The van der Waals surface area contributed by atoms with Crippen LogP contribution in [0.3, 0.4) is 0 Å². The van der Waals surface area contributed by atoms with Crippen LogP contribution in [-0.2, 0) is 15.3 Å². The van der Waals surface area contributed by atoms with Crippen LogP contribution in [0.25, 0.3) is 11.3 Å². The molecule has 0 radical (unpaired) electrons. The molecule has 0 saturated carbocycles. The van der Waals surface area contributed by atoms with E-state index in [4.69, 9.17) is 9.15 Å². The molecule has 31 heavy (non-hydrogen) atoms. The van der Waals surface area contributed by atoms with E-state index < -0.39 is 0 Å². The summed E-state index contributed by atoms with van der Waals surface area (Å²) in [6.45, 7) is 2.10. The lowest BCUT2D eigenvalue weighted by Gasteiger charge is -2.02. The minimum atomic E-state index is -0.355. The minimum Gasteiger partial charge on any atom is -0.462 e. The van der Waals surface area contributed by atoms with E-state index in [1.807, 2.05) is 24.3 Å². The van der Waals surface area contributed by atoms with Gasteiger partial charge in [0.25, 0.3) is 0 Å². The topological polar surface area (TPSA) is 80.9 Å². The molecule has 0 bridgehead atoms. The van der Waals surface area contributed by atoms with Crippen LogP contribution >= 0.6 is 27.7 Å². The van der Waals surface area contributed by atoms with Crippen LogP contribution in [0.15, 0.2) is 74.7 Å². The Morgan fingerprint density at radius 2 is 1.97 bits per heavy atom. The van der Waals surface area contributed by atoms with Crippen molar-refractivity contribution >= 4 is 45.8 Å². The van der Waals surface area contributed by atoms with E-state index in [0.717, 1.165) is 21.4 Å². The van der Waals surface area contributed by atoms with Crippen molar-refractivity contribution in [3.8, 4) is 11.3 Å². The Labute approximate surface area is 193 Å². The molecule has 1 heterocycles. The second-order valence-corrected chi connectivity index (χ2v) is 8.32. The number of halogens is 1. The van der Waals surface area contributed by atoms with Gasteiger partial charge in [-0.1, -0.05) is 40.2 Å². The third-order valence-corrected chi connectivity index (χ3v) is 5.58. The fraction of sp³-hybridized carbons (Fsp3) is 0.174. The fourth-order valence-electron chi connectivity index (χ4n) is 2.65. The Bertz CT molecular complexity index is 1060. The van der Waals surface area contributed by atoms with Gasteiger partial charge in [-0.3, -0.25) is 4.79 Å². The molecule has 3 aromatic rings. The van der Waals surface area contributed by atoms with Gasteiger partial charge in [-0.15, -0.1) is 11.8 Å². The normalized spacial score (nSPS) is 10.9. The molecule has 160 valence electrons. The number of hydrogen-bond donors (Lipinski definition) is 1. The Balaban J connectivity index is 1.46. The summed E-state index contributed by atoms with van der Waals surface area (Å²) in [5, 5.41) is 3.95. The average Bonchev–Trinajstić information content (AvgIpc) is 3.23. The Morgan fingerprint density at radius 1 is 1.16 bits per heavy atom. The Kier molecular flexibility index (Phi) is 8.49. The van der Waals surface area contributed by atoms with Crippen molar-refractivity contribution in [2.75, 3.05) is 12.4 Å². The maximum absolute atomic E-state index is 11.9. The molecule has 8 heteroatoms. The number of furan rings is 1. The van der Waals surface area contributed by atoms with Crippen LogP contribution in [0.5, 0.6) is 0 Å². The van der Waals surface area contributed by atoms with Crippen LogP contribution in [-0.4, -0.2) is 30.5 Å². The van der Waals surface area contributed by atoms with Gasteiger partial charge in [-0.05, 0) is 48.9 Å². The SMILES string of the molecule is CCOC(=O)c1ccc(-c2ccc(/C=N\NC(=O)CSCc3cccc(Br)c3)o2)cc1. The van der Waals surface area contributed by atoms with Gasteiger partial charge >= 0.3 is 5.97 Å². The predicted molar refractivity (Wildman–Crippen MR) is 126 cm³/mol. The lowest BCUT2D eigenvalue weighted by Crippen LogP contribution is -2.19. The van der Waals surface area contributed by atoms with Crippen molar-refractivity contribution in [3.63, 3.8) is 0 Å². The zero-order chi connectivity index (χ0) is 22.1. The molecule has 0 aliphatic rings. The van der Waals surface area contributed by atoms with Gasteiger partial charge in [0, 0.05) is 15.8 Å². The molecule has 2 aromatic carbocycles. The van der Waals surface area contributed by atoms with Gasteiger partial charge in [0.05, 0.1) is 24.1 Å². The Hall–Kier alpha value is -2.84. The van der Waals surface area contributed by atoms with E-state index in [9.17, 15) is 9.59 Å². The number of nitrogens with one attached hydrogen (secondary N) is 1. The van der Waals surface area contributed by atoms with Crippen molar-refractivity contribution in [3.05, 3.63) is 82.0 Å². The van der Waals surface area contributed by atoms with Gasteiger partial charge < -0.3 is 9.15 Å². The molecule has 0 spiro atoms. The summed E-state index contributed by atoms with van der Waals surface area (Å²) in [7, 11) is 0. The van der Waals surface area contributed by atoms with Crippen LogP contribution in [0.4, 0.5) is 0 Å². The number of nitrogens with zero attached hydrogens (tertiary/aromatic N) is 1. The average molecular weight is 501 g/mol. The van der Waals surface area contributed by atoms with Crippen molar-refractivity contribution in [2.45, 2.75) is 12.7 Å². The molecule has 3 rings (SSSR count). The van der Waals surface area contributed by atoms with Crippen LogP contribution < -0.4 is 5.43 Å². The first kappa shape index (κ1) is 22.8. The smallest absolute Gasteiger partial charge is 0.338 e. The van der Waals surface area contributed by atoms with Crippen LogP contribution in [0.1, 0.15) is 28.6 Å². The van der Waals surface area contributed by atoms with Crippen molar-refractivity contribution in [1.29, 1.82) is 0 Å². The Morgan fingerprint density at radius 3 is 2.71 bits per heavy atom. The summed E-state index contributed by atoms with van der Waals surface area (Å²) in [4.78, 5) is 23.6. The van der Waals surface area contributed by atoms with Crippen molar-refractivity contribution in [1.82, 2.24) is 5.43 Å². The predicted octanol–water partition coefficient (Wildman–Crippen LogP) is 5.27. The number of ether oxygens (including phenoxy) is 1. The number of carbonyl (C=O) groups is 2. The molecule has 0 aliphatic heterocycles. The van der Waals surface area contributed by atoms with E-state index in [1.165, 1.54) is 18.0 Å². The molecule has 0 unspecified atom stereocenters. The van der Waals surface area contributed by atoms with Crippen molar-refractivity contribution < 1.29 is 18.7 Å². The maximum atomic E-state index is 11.9. The van der Waals surface area contributed by atoms with E-state index in [-0.39, 0.29) is 11.9 Å². The maximum Gasteiger partial charge on any atom is 0.338 e. The third-order valence-electron chi connectivity index (χ3n) is 4.08. The highest BCUT2D eigenvalue weighted by Crippen LogP contribution is 2.22. The van der Waals surface area contributed by atoms with E-state index in [2.05, 4.69) is 26.5 Å². The molecule has 0 aliphatic carbocycles. The molecular weight excluding hydrogens is 480 g/mol. The summed E-state index contributed by atoms with van der Waals surface area (Å²) in [5.41, 5.74) is 4.95.